The van der Waals surface area contributed by atoms with Crippen LogP contribution in [-0.4, -0.2) is 115 Å². The Kier molecular flexibility index (Phi) is 33.2. The van der Waals surface area contributed by atoms with Gasteiger partial charge in [0.15, 0.2) is 0 Å². The van der Waals surface area contributed by atoms with E-state index < -0.39 is 47.8 Å². The summed E-state index contributed by atoms with van der Waals surface area (Å²) in [5.41, 5.74) is 5.58. The SMILES string of the molecule is CCCCCCCCCCCCNC(=O)CCC(NC(=O)C1CCCN1C(=O)CN(C)C(=O)C(C)NC(=O)C(CCCCN)NC(C)=O)C(=O)NCCCCCCCCCCCC. The van der Waals surface area contributed by atoms with Crippen LogP contribution in [0, 0.1) is 0 Å². The number of carbonyl (C=O) groups excluding carboxylic acids is 7. The largest absolute Gasteiger partial charge is 0.356 e. The van der Waals surface area contributed by atoms with Crippen molar-refractivity contribution >= 4 is 41.4 Å². The van der Waals surface area contributed by atoms with Gasteiger partial charge in [-0.15, -0.1) is 0 Å². The molecule has 1 fully saturated rings. The van der Waals surface area contributed by atoms with Gasteiger partial charge in [-0.2, -0.15) is 0 Å². The van der Waals surface area contributed by atoms with Gasteiger partial charge in [0.2, 0.25) is 41.4 Å². The van der Waals surface area contributed by atoms with E-state index >= 15 is 0 Å². The molecule has 63 heavy (non-hydrogen) atoms. The van der Waals surface area contributed by atoms with Crippen LogP contribution in [0.15, 0.2) is 0 Å². The molecule has 7 amide bonds. The van der Waals surface area contributed by atoms with Crippen molar-refractivity contribution in [3.05, 3.63) is 0 Å². The van der Waals surface area contributed by atoms with Crippen LogP contribution in [-0.2, 0) is 33.6 Å². The molecule has 0 saturated carbocycles. The predicted molar refractivity (Wildman–Crippen MR) is 251 cm³/mol. The molecule has 15 nitrogen and oxygen atoms in total. The van der Waals surface area contributed by atoms with Gasteiger partial charge in [-0.25, -0.2) is 0 Å². The maximum atomic E-state index is 13.8. The summed E-state index contributed by atoms with van der Waals surface area (Å²) >= 11 is 0. The highest BCUT2D eigenvalue weighted by Crippen LogP contribution is 2.19. The molecule has 0 spiro atoms. The lowest BCUT2D eigenvalue weighted by Crippen LogP contribution is -2.55. The summed E-state index contributed by atoms with van der Waals surface area (Å²) in [7, 11) is 1.46. The van der Waals surface area contributed by atoms with Gasteiger partial charge in [-0.05, 0) is 64.8 Å². The molecule has 0 aliphatic carbocycles. The lowest BCUT2D eigenvalue weighted by atomic mass is 10.1. The van der Waals surface area contributed by atoms with Crippen LogP contribution in [0.5, 0.6) is 0 Å². The van der Waals surface area contributed by atoms with Gasteiger partial charge in [-0.3, -0.25) is 33.6 Å². The van der Waals surface area contributed by atoms with Gasteiger partial charge in [0, 0.05) is 40.0 Å². The zero-order valence-electron chi connectivity index (χ0n) is 40.3. The number of likely N-dealkylation sites (N-methyl/N-ethyl adjacent to an activating group) is 1. The fourth-order valence-corrected chi connectivity index (χ4v) is 8.11. The Labute approximate surface area is 381 Å². The highest BCUT2D eigenvalue weighted by atomic mass is 16.2. The first-order chi connectivity index (χ1) is 30.4. The van der Waals surface area contributed by atoms with E-state index in [4.69, 9.17) is 5.73 Å². The monoisotopic (exact) mass is 891 g/mol. The Morgan fingerprint density at radius 1 is 0.635 bits per heavy atom. The fraction of sp³-hybridized carbons (Fsp3) is 0.854. The van der Waals surface area contributed by atoms with E-state index in [-0.39, 0.29) is 37.1 Å². The highest BCUT2D eigenvalue weighted by Gasteiger charge is 2.37. The second-order valence-electron chi connectivity index (χ2n) is 17.8. The molecular formula is C48H90N8O7. The van der Waals surface area contributed by atoms with Crippen molar-refractivity contribution in [1.29, 1.82) is 0 Å². The van der Waals surface area contributed by atoms with E-state index in [0.717, 1.165) is 38.5 Å². The summed E-state index contributed by atoms with van der Waals surface area (Å²) < 4.78 is 0. The molecule has 1 saturated heterocycles. The average molecular weight is 891 g/mol. The van der Waals surface area contributed by atoms with Gasteiger partial charge >= 0.3 is 0 Å². The second-order valence-corrected chi connectivity index (χ2v) is 17.8. The molecule has 0 aromatic rings. The number of amides is 7. The smallest absolute Gasteiger partial charge is 0.245 e. The predicted octanol–water partition coefficient (Wildman–Crippen LogP) is 5.91. The Morgan fingerprint density at radius 3 is 1.67 bits per heavy atom. The number of unbranched alkanes of at least 4 members (excludes halogenated alkanes) is 19. The number of hydrogen-bond donors (Lipinski definition) is 6. The van der Waals surface area contributed by atoms with Gasteiger partial charge in [0.05, 0.1) is 6.54 Å². The van der Waals surface area contributed by atoms with E-state index in [9.17, 15) is 33.6 Å². The molecule has 15 heteroatoms. The van der Waals surface area contributed by atoms with Crippen LogP contribution in [0.3, 0.4) is 0 Å². The quantitative estimate of drug-likeness (QED) is 0.0409. The third-order valence-electron chi connectivity index (χ3n) is 12.0. The number of carbonyl (C=O) groups is 7. The summed E-state index contributed by atoms with van der Waals surface area (Å²) in [5.74, 6) is -2.81. The summed E-state index contributed by atoms with van der Waals surface area (Å²) in [6, 6.07) is -3.60. The van der Waals surface area contributed by atoms with E-state index in [1.807, 2.05) is 0 Å². The van der Waals surface area contributed by atoms with Crippen LogP contribution in [0.4, 0.5) is 0 Å². The molecule has 1 aliphatic heterocycles. The summed E-state index contributed by atoms with van der Waals surface area (Å²) in [4.78, 5) is 94.4. The maximum Gasteiger partial charge on any atom is 0.245 e. The van der Waals surface area contributed by atoms with E-state index in [1.165, 1.54) is 121 Å². The fourth-order valence-electron chi connectivity index (χ4n) is 8.11. The van der Waals surface area contributed by atoms with Crippen molar-refractivity contribution < 1.29 is 33.6 Å². The van der Waals surface area contributed by atoms with Crippen molar-refractivity contribution in [2.24, 2.45) is 5.73 Å². The van der Waals surface area contributed by atoms with Crippen LogP contribution in [0.2, 0.25) is 0 Å². The maximum absolute atomic E-state index is 13.8. The number of nitrogens with two attached hydrogens (primary N) is 1. The minimum Gasteiger partial charge on any atom is -0.356 e. The van der Waals surface area contributed by atoms with Gasteiger partial charge in [-0.1, -0.05) is 129 Å². The van der Waals surface area contributed by atoms with Crippen LogP contribution in [0.1, 0.15) is 201 Å². The summed E-state index contributed by atoms with van der Waals surface area (Å²) in [6.45, 7) is 8.77. The van der Waals surface area contributed by atoms with Crippen molar-refractivity contribution in [3.8, 4) is 0 Å². The van der Waals surface area contributed by atoms with Gasteiger partial charge in [0.25, 0.3) is 0 Å². The van der Waals surface area contributed by atoms with Crippen molar-refractivity contribution in [1.82, 2.24) is 36.4 Å². The third kappa shape index (κ3) is 27.2. The number of hydrogen-bond acceptors (Lipinski definition) is 8. The van der Waals surface area contributed by atoms with Crippen molar-refractivity contribution in [3.63, 3.8) is 0 Å². The molecule has 7 N–H and O–H groups in total. The first-order valence-electron chi connectivity index (χ1n) is 25.0. The summed E-state index contributed by atoms with van der Waals surface area (Å²) in [6.07, 6.45) is 26.6. The van der Waals surface area contributed by atoms with E-state index in [1.54, 1.807) is 0 Å². The molecule has 0 aromatic carbocycles. The molecule has 0 radical (unpaired) electrons. The molecule has 4 atom stereocenters. The van der Waals surface area contributed by atoms with Crippen molar-refractivity contribution in [2.75, 3.05) is 39.8 Å². The Hall–Kier alpha value is -3.75. The number of rotatable bonds is 38. The number of nitrogens with zero attached hydrogens (tertiary/aromatic N) is 2. The number of likely N-dealkylation sites (tertiary alicyclic amines) is 1. The molecule has 0 aromatic heterocycles. The Balaban J connectivity index is 2.77. The topological polar surface area (TPSA) is 212 Å². The van der Waals surface area contributed by atoms with Crippen LogP contribution < -0.4 is 32.3 Å². The van der Waals surface area contributed by atoms with Gasteiger partial charge < -0.3 is 42.1 Å². The lowest BCUT2D eigenvalue weighted by Gasteiger charge is -2.29. The zero-order valence-corrected chi connectivity index (χ0v) is 40.3. The summed E-state index contributed by atoms with van der Waals surface area (Å²) in [5, 5.41) is 14.1. The second kappa shape index (κ2) is 36.6. The molecule has 1 rings (SSSR count). The minimum absolute atomic E-state index is 0.0720. The normalized spacial score (nSPS) is 15.0. The lowest BCUT2D eigenvalue weighted by molar-refractivity contribution is -0.144. The Morgan fingerprint density at radius 2 is 1.14 bits per heavy atom. The molecule has 4 unspecified atom stereocenters. The van der Waals surface area contributed by atoms with Crippen LogP contribution >= 0.6 is 0 Å². The molecular weight excluding hydrogens is 801 g/mol. The van der Waals surface area contributed by atoms with Crippen LogP contribution in [0.25, 0.3) is 0 Å². The molecule has 364 valence electrons. The highest BCUT2D eigenvalue weighted by molar-refractivity contribution is 5.95. The van der Waals surface area contributed by atoms with Crippen molar-refractivity contribution in [2.45, 2.75) is 225 Å². The molecule has 0 bridgehead atoms. The molecule has 1 aliphatic rings. The van der Waals surface area contributed by atoms with Gasteiger partial charge in [0.1, 0.15) is 24.2 Å². The minimum atomic E-state index is -0.981. The average Bonchev–Trinajstić information content (AvgIpc) is 3.76. The zero-order chi connectivity index (χ0) is 46.7. The standard InChI is InChI=1S/C48H90N8O7/c1-6-8-10-12-14-16-18-20-22-26-34-50-43(58)32-31-41(45(60)51-35-27-23-21-19-17-15-13-11-9-7-2)54-47(62)42-30-28-36-56(42)44(59)37-55(5)48(63)38(3)52-46(61)40(53-39(4)57)29-24-25-33-49/h38,40-42H,6-37,49H2,1-5H3,(H,50,58)(H,51,60)(H,52,61)(H,53,57)(H,54,62). The van der Waals surface area contributed by atoms with E-state index in [0.29, 0.717) is 58.3 Å². The third-order valence-corrected chi connectivity index (χ3v) is 12.0. The van der Waals surface area contributed by atoms with E-state index in [2.05, 4.69) is 40.4 Å². The first-order valence-corrected chi connectivity index (χ1v) is 25.0. The molecule has 1 heterocycles. The number of nitrogens with one attached hydrogen (secondary N) is 5. The Bertz CT molecular complexity index is 1320. The first kappa shape index (κ1) is 57.3.